The van der Waals surface area contributed by atoms with Crippen molar-refractivity contribution >= 4 is 35.1 Å². The van der Waals surface area contributed by atoms with E-state index in [-0.39, 0.29) is 23.7 Å². The van der Waals surface area contributed by atoms with Gasteiger partial charge < -0.3 is 31.1 Å². The highest BCUT2D eigenvalue weighted by molar-refractivity contribution is 5.93. The van der Waals surface area contributed by atoms with Gasteiger partial charge in [0.25, 0.3) is 0 Å². The number of hydrogen-bond donors (Lipinski definition) is 4. The number of benzene rings is 7. The molecule has 0 saturated carbocycles. The molecule has 2 unspecified atom stereocenters. The highest BCUT2D eigenvalue weighted by Crippen LogP contribution is 2.44. The molecule has 0 bridgehead atoms. The van der Waals surface area contributed by atoms with E-state index in [9.17, 15) is 9.59 Å². The second kappa shape index (κ2) is 29.0. The van der Waals surface area contributed by atoms with Crippen LogP contribution in [-0.4, -0.2) is 93.9 Å². The van der Waals surface area contributed by atoms with Gasteiger partial charge in [-0.3, -0.25) is 9.59 Å². The number of nitrogens with one attached hydrogen (secondary N) is 4. The van der Waals surface area contributed by atoms with Gasteiger partial charge in [0.1, 0.15) is 0 Å². The summed E-state index contributed by atoms with van der Waals surface area (Å²) in [5.41, 5.74) is 20.4. The molecule has 2 aromatic heterocycles. The number of nitrogens with zero attached hydrogens (tertiary/aromatic N) is 6. The molecule has 12 heteroatoms. The quantitative estimate of drug-likeness (QED) is 0.0514. The highest BCUT2D eigenvalue weighted by Gasteiger charge is 2.30. The van der Waals surface area contributed by atoms with Crippen LogP contribution in [0.25, 0.3) is 22.5 Å². The maximum Gasteiger partial charge on any atom is 0.228 e. The fourth-order valence-corrected chi connectivity index (χ4v) is 13.6. The predicted octanol–water partition coefficient (Wildman–Crippen LogP) is 14.8. The van der Waals surface area contributed by atoms with Gasteiger partial charge in [0.05, 0.1) is 24.2 Å². The van der Waals surface area contributed by atoms with E-state index in [0.717, 1.165) is 103 Å². The lowest BCUT2D eigenvalue weighted by Gasteiger charge is -2.27. The van der Waals surface area contributed by atoms with Crippen LogP contribution in [0.4, 0.5) is 23.3 Å². The molecule has 4 N–H and O–H groups in total. The maximum atomic E-state index is 13.1. The summed E-state index contributed by atoms with van der Waals surface area (Å²) in [7, 11) is 0. The molecule has 4 aliphatic rings. The Labute approximate surface area is 526 Å². The third kappa shape index (κ3) is 15.2. The largest absolute Gasteiger partial charge is 0.354 e. The number of carbonyl (C=O) groups excluding carboxylic acids is 2. The molecule has 13 rings (SSSR count). The van der Waals surface area contributed by atoms with Crippen LogP contribution in [-0.2, 0) is 41.7 Å². The first-order valence-corrected chi connectivity index (χ1v) is 32.5. The van der Waals surface area contributed by atoms with Gasteiger partial charge in [-0.2, -0.15) is 0 Å². The number of carbonyl (C=O) groups is 2. The van der Waals surface area contributed by atoms with Crippen molar-refractivity contribution in [2.45, 2.75) is 109 Å². The number of aromatic nitrogens is 4. The number of rotatable bonds is 21. The molecule has 2 amide bonds. The van der Waals surface area contributed by atoms with E-state index in [0.29, 0.717) is 30.7 Å². The van der Waals surface area contributed by atoms with Gasteiger partial charge in [-0.05, 0) is 201 Å². The summed E-state index contributed by atoms with van der Waals surface area (Å²) < 4.78 is 0. The van der Waals surface area contributed by atoms with Crippen molar-refractivity contribution in [1.82, 2.24) is 29.7 Å². The van der Waals surface area contributed by atoms with Crippen molar-refractivity contribution in [3.05, 3.63) is 249 Å². The van der Waals surface area contributed by atoms with Gasteiger partial charge in [0.2, 0.25) is 23.7 Å². The second-order valence-corrected chi connectivity index (χ2v) is 24.9. The Balaban J connectivity index is 0.000000173. The van der Waals surface area contributed by atoms with Crippen LogP contribution in [0.3, 0.4) is 0 Å². The molecule has 9 aromatic rings. The number of likely N-dealkylation sites (tertiary alicyclic amines) is 2. The SMILES string of the molecule is Cc1cccc(C(C)C)c1CC(=O)Nc1ccc(C2Cc3cnc(NCCCN4CCCC4)nc3-c3ccccc32)cc1.O=C(Cc1ccccc1Cc1ccccc1)Nc1ccc(C2Cc3cnc(NCCCN4CCCC4)nc3-c3ccccc32)cc1. The normalized spacial score (nSPS) is 15.9. The van der Waals surface area contributed by atoms with Crippen LogP contribution in [0.5, 0.6) is 0 Å². The molecule has 7 aromatic carbocycles. The molecule has 2 fully saturated rings. The van der Waals surface area contributed by atoms with E-state index >= 15 is 0 Å². The Morgan fingerprint density at radius 1 is 0.517 bits per heavy atom. The third-order valence-corrected chi connectivity index (χ3v) is 18.3. The van der Waals surface area contributed by atoms with Gasteiger partial charge >= 0.3 is 0 Å². The van der Waals surface area contributed by atoms with Gasteiger partial charge in [-0.15, -0.1) is 0 Å². The van der Waals surface area contributed by atoms with Crippen LogP contribution in [0, 0.1) is 6.92 Å². The fourth-order valence-electron chi connectivity index (χ4n) is 13.6. The second-order valence-electron chi connectivity index (χ2n) is 24.9. The third-order valence-electron chi connectivity index (χ3n) is 18.3. The van der Waals surface area contributed by atoms with Crippen LogP contribution in [0.2, 0.25) is 0 Å². The number of anilines is 4. The van der Waals surface area contributed by atoms with Crippen molar-refractivity contribution in [2.75, 3.05) is 73.6 Å². The summed E-state index contributed by atoms with van der Waals surface area (Å²) in [4.78, 5) is 50.6. The van der Waals surface area contributed by atoms with Gasteiger partial charge in [0, 0.05) is 59.8 Å². The van der Waals surface area contributed by atoms with E-state index in [1.807, 2.05) is 54.9 Å². The number of hydrogen-bond acceptors (Lipinski definition) is 10. The molecule has 0 spiro atoms. The van der Waals surface area contributed by atoms with Crippen molar-refractivity contribution in [1.29, 1.82) is 0 Å². The molecular weight excluding hydrogens is 1100 g/mol. The van der Waals surface area contributed by atoms with Crippen molar-refractivity contribution < 1.29 is 9.59 Å². The summed E-state index contributed by atoms with van der Waals surface area (Å²) in [6, 6.07) is 58.8. The first-order chi connectivity index (χ1) is 43.6. The van der Waals surface area contributed by atoms with E-state index in [4.69, 9.17) is 9.97 Å². The molecule has 2 atom stereocenters. The average Bonchev–Trinajstić information content (AvgIpc) is 1.61. The topological polar surface area (TPSA) is 140 Å². The van der Waals surface area contributed by atoms with Gasteiger partial charge in [0.15, 0.2) is 0 Å². The highest BCUT2D eigenvalue weighted by atomic mass is 16.2. The van der Waals surface area contributed by atoms with Crippen LogP contribution >= 0.6 is 0 Å². The smallest absolute Gasteiger partial charge is 0.228 e. The number of aryl methyl sites for hydroxylation is 1. The molecule has 89 heavy (non-hydrogen) atoms. The van der Waals surface area contributed by atoms with E-state index in [1.165, 1.54) is 107 Å². The van der Waals surface area contributed by atoms with E-state index in [1.54, 1.807) is 0 Å². The summed E-state index contributed by atoms with van der Waals surface area (Å²) in [5, 5.41) is 13.2. The summed E-state index contributed by atoms with van der Waals surface area (Å²) in [5.74, 6) is 2.19. The number of fused-ring (bicyclic) bond motifs is 6. The Morgan fingerprint density at radius 2 is 0.989 bits per heavy atom. The lowest BCUT2D eigenvalue weighted by atomic mass is 9.78. The molecule has 2 aliphatic carbocycles. The molecule has 454 valence electrons. The average molecular weight is 1180 g/mol. The molecule has 0 radical (unpaired) electrons. The van der Waals surface area contributed by atoms with Crippen molar-refractivity contribution in [3.8, 4) is 22.5 Å². The molecular formula is C77H84N10O2. The Bertz CT molecular complexity index is 3860. The molecule has 2 aliphatic heterocycles. The van der Waals surface area contributed by atoms with Gasteiger partial charge in [-0.25, -0.2) is 19.9 Å². The first kappa shape index (κ1) is 60.4. The lowest BCUT2D eigenvalue weighted by molar-refractivity contribution is -0.116. The summed E-state index contributed by atoms with van der Waals surface area (Å²) in [6.07, 6.45) is 14.7. The molecule has 4 heterocycles. The van der Waals surface area contributed by atoms with Gasteiger partial charge in [-0.1, -0.05) is 159 Å². The summed E-state index contributed by atoms with van der Waals surface area (Å²) >= 11 is 0. The first-order valence-electron chi connectivity index (χ1n) is 32.5. The minimum Gasteiger partial charge on any atom is -0.354 e. The zero-order chi connectivity index (χ0) is 60.9. The lowest BCUT2D eigenvalue weighted by Crippen LogP contribution is -2.22. The van der Waals surface area contributed by atoms with Crippen LogP contribution < -0.4 is 21.3 Å². The van der Waals surface area contributed by atoms with Crippen molar-refractivity contribution in [2.24, 2.45) is 0 Å². The zero-order valence-electron chi connectivity index (χ0n) is 52.0. The Hall–Kier alpha value is -8.84. The molecule has 12 nitrogen and oxygen atoms in total. The standard InChI is InChI=1S/C40H41N5O.C37H43N5O/c46-38(27-32-14-5-4-13-31(32)25-29-11-2-1-3-12-29)43-34-19-17-30(18-20-34)37-26-33-28-42-40(41-21-10-24-45-22-8-9-23-45)44-39(33)36-16-7-6-15-35(36)37;1-25(2)30-13-8-10-26(3)33(30)23-35(43)40-29-16-14-27(15-17-29)34-22-28-24-39-37(38-18-9-21-42-19-6-7-20-42)41-36(28)32-12-5-4-11-31(32)34/h1-7,11-20,28,37H,8-10,21-27H2,(H,43,46)(H,41,42,44);4-5,8,10-17,24-25,34H,6-7,9,18-23H2,1-3H3,(H,40,43)(H,38,39,41). The minimum atomic E-state index is -0.0113. The summed E-state index contributed by atoms with van der Waals surface area (Å²) in [6.45, 7) is 15.4. The van der Waals surface area contributed by atoms with Crippen molar-refractivity contribution in [3.63, 3.8) is 0 Å². The zero-order valence-corrected chi connectivity index (χ0v) is 52.0. The predicted molar refractivity (Wildman–Crippen MR) is 362 cm³/mol. The maximum absolute atomic E-state index is 13.1. The molecule has 2 saturated heterocycles. The van der Waals surface area contributed by atoms with E-state index in [2.05, 4.69) is 189 Å². The Morgan fingerprint density at radius 3 is 1.51 bits per heavy atom. The minimum absolute atomic E-state index is 0.0113. The van der Waals surface area contributed by atoms with Crippen LogP contribution in [0.1, 0.15) is 137 Å². The van der Waals surface area contributed by atoms with Crippen LogP contribution in [0.15, 0.2) is 182 Å². The van der Waals surface area contributed by atoms with E-state index < -0.39 is 0 Å². The number of amides is 2. The fraction of sp³-hybridized carbons (Fsp3) is 0.325. The monoisotopic (exact) mass is 1180 g/mol. The Kier molecular flexibility index (Phi) is 19.7.